The van der Waals surface area contributed by atoms with Crippen LogP contribution >= 0.6 is 0 Å². The lowest BCUT2D eigenvalue weighted by Crippen LogP contribution is -2.13. The molecule has 5 aromatic rings. The Morgan fingerprint density at radius 2 is 1.75 bits per heavy atom. The number of carbonyl (C=O) groups excluding carboxylic acids is 1. The Bertz CT molecular complexity index is 1440. The third-order valence-electron chi connectivity index (χ3n) is 5.51. The van der Waals surface area contributed by atoms with Gasteiger partial charge in [-0.05, 0) is 44.5 Å². The van der Waals surface area contributed by atoms with Crippen molar-refractivity contribution in [3.63, 3.8) is 0 Å². The molecule has 0 saturated carbocycles. The van der Waals surface area contributed by atoms with Crippen molar-refractivity contribution in [3.05, 3.63) is 83.4 Å². The molecule has 0 atom stereocenters. The number of fused-ring (bicyclic) bond motifs is 1. The molecule has 0 aliphatic rings. The van der Waals surface area contributed by atoms with Crippen molar-refractivity contribution >= 4 is 22.5 Å². The molecule has 0 spiro atoms. The van der Waals surface area contributed by atoms with Gasteiger partial charge < -0.3 is 9.84 Å². The van der Waals surface area contributed by atoms with E-state index < -0.39 is 0 Å². The minimum atomic E-state index is -0.273. The molecular formula is C24H20N6O2. The number of carbonyl (C=O) groups is 1. The number of hydrogen-bond acceptors (Lipinski definition) is 6. The van der Waals surface area contributed by atoms with Crippen LogP contribution in [0.25, 0.3) is 28.2 Å². The molecule has 0 unspecified atom stereocenters. The Labute approximate surface area is 183 Å². The second-order valence-electron chi connectivity index (χ2n) is 7.54. The van der Waals surface area contributed by atoms with E-state index in [9.17, 15) is 4.79 Å². The number of amides is 1. The highest BCUT2D eigenvalue weighted by Crippen LogP contribution is 2.29. The second-order valence-corrected chi connectivity index (χ2v) is 7.54. The van der Waals surface area contributed by atoms with Gasteiger partial charge in [-0.1, -0.05) is 35.5 Å². The van der Waals surface area contributed by atoms with E-state index in [1.165, 1.54) is 0 Å². The summed E-state index contributed by atoms with van der Waals surface area (Å²) in [7, 11) is 0. The number of rotatable bonds is 4. The lowest BCUT2D eigenvalue weighted by Gasteiger charge is -2.07. The van der Waals surface area contributed by atoms with E-state index in [4.69, 9.17) is 4.52 Å². The maximum Gasteiger partial charge on any atom is 0.255 e. The van der Waals surface area contributed by atoms with Gasteiger partial charge in [0.1, 0.15) is 5.52 Å². The highest BCUT2D eigenvalue weighted by Gasteiger charge is 2.15. The largest absolute Gasteiger partial charge is 0.355 e. The number of anilines is 1. The molecule has 0 aliphatic heterocycles. The van der Waals surface area contributed by atoms with Gasteiger partial charge in [0.2, 0.25) is 0 Å². The Kier molecular flexibility index (Phi) is 4.74. The summed E-state index contributed by atoms with van der Waals surface area (Å²) in [4.78, 5) is 21.6. The second kappa shape index (κ2) is 7.73. The predicted molar refractivity (Wildman–Crippen MR) is 121 cm³/mol. The third-order valence-corrected chi connectivity index (χ3v) is 5.51. The molecule has 1 N–H and O–H groups in total. The first-order chi connectivity index (χ1) is 15.5. The van der Waals surface area contributed by atoms with E-state index in [-0.39, 0.29) is 5.91 Å². The van der Waals surface area contributed by atoms with Gasteiger partial charge in [0, 0.05) is 16.8 Å². The maximum atomic E-state index is 12.8. The lowest BCUT2D eigenvalue weighted by molar-refractivity contribution is 0.102. The molecule has 2 aromatic carbocycles. The number of nitrogens with one attached hydrogen (secondary N) is 1. The van der Waals surface area contributed by atoms with Crippen LogP contribution < -0.4 is 5.32 Å². The minimum absolute atomic E-state index is 0.273. The molecule has 0 bridgehead atoms. The molecule has 8 heteroatoms. The molecule has 3 aromatic heterocycles. The van der Waals surface area contributed by atoms with Crippen LogP contribution in [0.5, 0.6) is 0 Å². The number of benzene rings is 2. The zero-order valence-corrected chi connectivity index (χ0v) is 17.8. The van der Waals surface area contributed by atoms with E-state index in [0.717, 1.165) is 27.9 Å². The number of hydrogen-bond donors (Lipinski definition) is 1. The van der Waals surface area contributed by atoms with Crippen LogP contribution in [0.4, 0.5) is 5.69 Å². The van der Waals surface area contributed by atoms with Crippen LogP contribution in [0.2, 0.25) is 0 Å². The van der Waals surface area contributed by atoms with E-state index >= 15 is 0 Å². The van der Waals surface area contributed by atoms with Gasteiger partial charge >= 0.3 is 0 Å². The summed E-state index contributed by atoms with van der Waals surface area (Å²) in [5, 5.41) is 12.2. The molecule has 158 valence electrons. The Balaban J connectivity index is 1.39. The zero-order chi connectivity index (χ0) is 22.2. The van der Waals surface area contributed by atoms with Crippen molar-refractivity contribution in [3.8, 4) is 17.3 Å². The fourth-order valence-corrected chi connectivity index (χ4v) is 3.49. The van der Waals surface area contributed by atoms with Gasteiger partial charge in [-0.15, -0.1) is 0 Å². The first kappa shape index (κ1) is 19.6. The fraction of sp³-hybridized carbons (Fsp3) is 0.125. The molecule has 1 amide bonds. The Hall–Kier alpha value is -4.33. The molecular weight excluding hydrogens is 404 g/mol. The molecule has 3 heterocycles. The smallest absolute Gasteiger partial charge is 0.255 e. The first-order valence-corrected chi connectivity index (χ1v) is 10.1. The van der Waals surface area contributed by atoms with Gasteiger partial charge in [0.15, 0.2) is 5.76 Å². The number of nitrogens with zero attached hydrogens (tertiary/aromatic N) is 5. The van der Waals surface area contributed by atoms with E-state index in [2.05, 4.69) is 25.5 Å². The summed E-state index contributed by atoms with van der Waals surface area (Å²) in [5.74, 6) is 0.809. The van der Waals surface area contributed by atoms with Gasteiger partial charge in [0.25, 0.3) is 11.9 Å². The highest BCUT2D eigenvalue weighted by molar-refractivity contribution is 6.07. The third kappa shape index (κ3) is 3.41. The summed E-state index contributed by atoms with van der Waals surface area (Å²) in [6.07, 6.45) is 3.14. The first-order valence-electron chi connectivity index (χ1n) is 10.1. The van der Waals surface area contributed by atoms with Crippen molar-refractivity contribution in [2.24, 2.45) is 0 Å². The lowest BCUT2D eigenvalue weighted by atomic mass is 10.1. The number of aryl methyl sites for hydroxylation is 1. The average Bonchev–Trinajstić information content (AvgIpc) is 3.36. The van der Waals surface area contributed by atoms with Crippen LogP contribution in [-0.2, 0) is 0 Å². The predicted octanol–water partition coefficient (Wildman–Crippen LogP) is 4.65. The Morgan fingerprint density at radius 3 is 2.44 bits per heavy atom. The van der Waals surface area contributed by atoms with E-state index in [1.54, 1.807) is 35.3 Å². The normalized spacial score (nSPS) is 11.1. The maximum absolute atomic E-state index is 12.8. The van der Waals surface area contributed by atoms with Crippen LogP contribution in [0, 0.1) is 20.8 Å². The summed E-state index contributed by atoms with van der Waals surface area (Å²) in [6.45, 7) is 5.93. The summed E-state index contributed by atoms with van der Waals surface area (Å²) in [5.41, 5.74) is 5.58. The molecule has 32 heavy (non-hydrogen) atoms. The van der Waals surface area contributed by atoms with E-state index in [1.807, 2.05) is 51.1 Å². The Morgan fingerprint density at radius 1 is 1.00 bits per heavy atom. The quantitative estimate of drug-likeness (QED) is 0.451. The van der Waals surface area contributed by atoms with Gasteiger partial charge in [-0.2, -0.15) is 5.10 Å². The van der Waals surface area contributed by atoms with Crippen molar-refractivity contribution in [2.75, 3.05) is 5.32 Å². The van der Waals surface area contributed by atoms with Crippen LogP contribution in [0.1, 0.15) is 27.3 Å². The topological polar surface area (TPSA) is 98.7 Å². The number of aromatic nitrogens is 5. The summed E-state index contributed by atoms with van der Waals surface area (Å²) >= 11 is 0. The monoisotopic (exact) mass is 424 g/mol. The van der Waals surface area contributed by atoms with Crippen LogP contribution in [0.15, 0.2) is 65.4 Å². The summed E-state index contributed by atoms with van der Waals surface area (Å²) in [6, 6.07) is 14.9. The summed E-state index contributed by atoms with van der Waals surface area (Å²) < 4.78 is 7.21. The molecule has 0 saturated heterocycles. The fourth-order valence-electron chi connectivity index (χ4n) is 3.49. The van der Waals surface area contributed by atoms with Crippen molar-refractivity contribution < 1.29 is 9.32 Å². The standard InChI is InChI=1S/C24H20N6O2/c1-14-15(2)28-30(16(14)3)24-25-12-19(13-26-24)27-23(31)18-9-10-21-20(11-18)22(32-29-21)17-7-5-4-6-8-17/h4-13H,1-3H3,(H,27,31). The molecule has 0 radical (unpaired) electrons. The van der Waals surface area contributed by atoms with Crippen molar-refractivity contribution in [2.45, 2.75) is 20.8 Å². The molecule has 8 nitrogen and oxygen atoms in total. The van der Waals surface area contributed by atoms with Gasteiger partial charge in [0.05, 0.1) is 29.2 Å². The average molecular weight is 424 g/mol. The van der Waals surface area contributed by atoms with Gasteiger partial charge in [-0.3, -0.25) is 4.79 Å². The van der Waals surface area contributed by atoms with Crippen LogP contribution in [0.3, 0.4) is 0 Å². The SMILES string of the molecule is Cc1nn(-c2ncc(NC(=O)c3ccc4noc(-c5ccccc5)c4c3)cn2)c(C)c1C. The molecule has 0 aliphatic carbocycles. The molecule has 0 fully saturated rings. The zero-order valence-electron chi connectivity index (χ0n) is 17.8. The van der Waals surface area contributed by atoms with Crippen molar-refractivity contribution in [1.29, 1.82) is 0 Å². The molecule has 5 rings (SSSR count). The van der Waals surface area contributed by atoms with Crippen LogP contribution in [-0.4, -0.2) is 30.8 Å². The van der Waals surface area contributed by atoms with Gasteiger partial charge in [-0.25, -0.2) is 14.6 Å². The van der Waals surface area contributed by atoms with Crippen molar-refractivity contribution in [1.82, 2.24) is 24.9 Å². The minimum Gasteiger partial charge on any atom is -0.355 e. The van der Waals surface area contributed by atoms with E-state index in [0.29, 0.717) is 28.5 Å². The highest BCUT2D eigenvalue weighted by atomic mass is 16.5.